The zero-order valence-corrected chi connectivity index (χ0v) is 10.2. The van der Waals surface area contributed by atoms with E-state index in [-0.39, 0.29) is 0 Å². The molecule has 0 radical (unpaired) electrons. The number of hydrogen-bond acceptors (Lipinski definition) is 2. The fraction of sp³-hybridized carbons (Fsp3) is 0.400. The molecule has 2 heteroatoms. The number of piperidine rings is 1. The Kier molecular flexibility index (Phi) is 2.81. The summed E-state index contributed by atoms with van der Waals surface area (Å²) in [6, 6.07) is 11.3. The molecule has 17 heavy (non-hydrogen) atoms. The molecule has 1 aromatic carbocycles. The lowest BCUT2D eigenvalue weighted by atomic mass is 9.92. The van der Waals surface area contributed by atoms with Crippen LogP contribution in [0.15, 0.2) is 36.5 Å². The molecule has 1 N–H and O–H groups in total. The van der Waals surface area contributed by atoms with Gasteiger partial charge in [0.15, 0.2) is 0 Å². The van der Waals surface area contributed by atoms with Crippen molar-refractivity contribution in [3.05, 3.63) is 42.1 Å². The Labute approximate surface area is 102 Å². The Morgan fingerprint density at radius 2 is 2.18 bits per heavy atom. The maximum Gasteiger partial charge on any atom is 0.0705 e. The molecule has 2 atom stereocenters. The fourth-order valence-corrected chi connectivity index (χ4v) is 2.58. The molecule has 1 aliphatic rings. The van der Waals surface area contributed by atoms with Crippen molar-refractivity contribution < 1.29 is 0 Å². The van der Waals surface area contributed by atoms with Gasteiger partial charge in [-0.05, 0) is 43.0 Å². The molecule has 1 aromatic heterocycles. The lowest BCUT2D eigenvalue weighted by Crippen LogP contribution is -2.31. The number of benzene rings is 1. The van der Waals surface area contributed by atoms with Gasteiger partial charge in [-0.1, -0.05) is 25.1 Å². The Balaban J connectivity index is 1.90. The topological polar surface area (TPSA) is 24.9 Å². The van der Waals surface area contributed by atoms with E-state index in [1.807, 2.05) is 12.3 Å². The van der Waals surface area contributed by atoms with Gasteiger partial charge in [0, 0.05) is 17.6 Å². The Morgan fingerprint density at radius 3 is 3.00 bits per heavy atom. The summed E-state index contributed by atoms with van der Waals surface area (Å²) < 4.78 is 0. The lowest BCUT2D eigenvalue weighted by Gasteiger charge is -2.28. The predicted molar refractivity (Wildman–Crippen MR) is 70.9 cm³/mol. The number of hydrogen-bond donors (Lipinski definition) is 1. The SMILES string of the molecule is C[C@H]1CC[C@H](c2ccc3cccnc3c2)NC1. The molecule has 2 heterocycles. The third kappa shape index (κ3) is 2.18. The first kappa shape index (κ1) is 10.7. The summed E-state index contributed by atoms with van der Waals surface area (Å²) in [6.07, 6.45) is 4.42. The molecule has 3 rings (SSSR count). The van der Waals surface area contributed by atoms with Gasteiger partial charge in [0.2, 0.25) is 0 Å². The summed E-state index contributed by atoms with van der Waals surface area (Å²) in [5, 5.41) is 4.84. The van der Waals surface area contributed by atoms with Crippen LogP contribution in [0, 0.1) is 5.92 Å². The van der Waals surface area contributed by atoms with Gasteiger partial charge < -0.3 is 5.32 Å². The number of rotatable bonds is 1. The molecule has 1 fully saturated rings. The van der Waals surface area contributed by atoms with Crippen molar-refractivity contribution in [1.82, 2.24) is 10.3 Å². The second-order valence-corrected chi connectivity index (χ2v) is 5.10. The minimum absolute atomic E-state index is 0.512. The molecule has 0 aliphatic carbocycles. The van der Waals surface area contributed by atoms with E-state index in [1.165, 1.54) is 23.8 Å². The summed E-state index contributed by atoms with van der Waals surface area (Å²) in [5.74, 6) is 0.810. The number of aromatic nitrogens is 1. The minimum Gasteiger partial charge on any atom is -0.310 e. The molecule has 0 spiro atoms. The molecule has 0 saturated carbocycles. The van der Waals surface area contributed by atoms with Crippen LogP contribution in [-0.2, 0) is 0 Å². The van der Waals surface area contributed by atoms with Gasteiger partial charge in [0.1, 0.15) is 0 Å². The first-order valence-electron chi connectivity index (χ1n) is 6.41. The lowest BCUT2D eigenvalue weighted by molar-refractivity contribution is 0.333. The molecular weight excluding hydrogens is 208 g/mol. The normalized spacial score (nSPS) is 25.0. The van der Waals surface area contributed by atoms with Crippen molar-refractivity contribution in [2.45, 2.75) is 25.8 Å². The van der Waals surface area contributed by atoms with E-state index in [2.05, 4.69) is 41.5 Å². The molecule has 1 saturated heterocycles. The van der Waals surface area contributed by atoms with Gasteiger partial charge in [0.25, 0.3) is 0 Å². The van der Waals surface area contributed by atoms with Crippen molar-refractivity contribution in [1.29, 1.82) is 0 Å². The average molecular weight is 226 g/mol. The number of nitrogens with zero attached hydrogens (tertiary/aromatic N) is 1. The second kappa shape index (κ2) is 4.46. The highest BCUT2D eigenvalue weighted by molar-refractivity contribution is 5.78. The van der Waals surface area contributed by atoms with Crippen LogP contribution in [-0.4, -0.2) is 11.5 Å². The van der Waals surface area contributed by atoms with Gasteiger partial charge in [0.05, 0.1) is 5.52 Å². The highest BCUT2D eigenvalue weighted by Gasteiger charge is 2.18. The summed E-state index contributed by atoms with van der Waals surface area (Å²) >= 11 is 0. The minimum atomic E-state index is 0.512. The van der Waals surface area contributed by atoms with E-state index >= 15 is 0 Å². The molecule has 0 unspecified atom stereocenters. The second-order valence-electron chi connectivity index (χ2n) is 5.10. The van der Waals surface area contributed by atoms with Crippen LogP contribution in [0.25, 0.3) is 10.9 Å². The van der Waals surface area contributed by atoms with Crippen LogP contribution in [0.2, 0.25) is 0 Å². The van der Waals surface area contributed by atoms with E-state index in [1.54, 1.807) is 0 Å². The van der Waals surface area contributed by atoms with Crippen molar-refractivity contribution in [3.8, 4) is 0 Å². The highest BCUT2D eigenvalue weighted by Crippen LogP contribution is 2.27. The van der Waals surface area contributed by atoms with Crippen LogP contribution in [0.1, 0.15) is 31.4 Å². The van der Waals surface area contributed by atoms with E-state index in [9.17, 15) is 0 Å². The summed E-state index contributed by atoms with van der Waals surface area (Å²) in [4.78, 5) is 4.42. The number of pyridine rings is 1. The van der Waals surface area contributed by atoms with Gasteiger partial charge in [-0.25, -0.2) is 0 Å². The fourth-order valence-electron chi connectivity index (χ4n) is 2.58. The standard InChI is InChI=1S/C15H18N2/c1-11-4-7-14(17-10-11)13-6-5-12-3-2-8-16-15(12)9-13/h2-3,5-6,8-9,11,14,17H,4,7,10H2,1H3/t11-,14+/m0/s1. The van der Waals surface area contributed by atoms with Crippen LogP contribution < -0.4 is 5.32 Å². The Morgan fingerprint density at radius 1 is 1.24 bits per heavy atom. The average Bonchev–Trinajstić information content (AvgIpc) is 2.39. The van der Waals surface area contributed by atoms with E-state index < -0.39 is 0 Å². The molecular formula is C15H18N2. The van der Waals surface area contributed by atoms with E-state index in [0.717, 1.165) is 18.0 Å². The molecule has 0 bridgehead atoms. The van der Waals surface area contributed by atoms with Crippen molar-refractivity contribution in [3.63, 3.8) is 0 Å². The van der Waals surface area contributed by atoms with Gasteiger partial charge in [-0.2, -0.15) is 0 Å². The van der Waals surface area contributed by atoms with Crippen molar-refractivity contribution >= 4 is 10.9 Å². The summed E-state index contributed by atoms with van der Waals surface area (Å²) in [6.45, 7) is 3.44. The predicted octanol–water partition coefficient (Wildman–Crippen LogP) is 3.30. The van der Waals surface area contributed by atoms with Crippen molar-refractivity contribution in [2.75, 3.05) is 6.54 Å². The quantitative estimate of drug-likeness (QED) is 0.807. The monoisotopic (exact) mass is 226 g/mol. The maximum atomic E-state index is 4.42. The largest absolute Gasteiger partial charge is 0.310 e. The smallest absolute Gasteiger partial charge is 0.0705 e. The van der Waals surface area contributed by atoms with Crippen molar-refractivity contribution in [2.24, 2.45) is 5.92 Å². The molecule has 2 nitrogen and oxygen atoms in total. The third-order valence-electron chi connectivity index (χ3n) is 3.69. The van der Waals surface area contributed by atoms with Crippen LogP contribution in [0.5, 0.6) is 0 Å². The highest BCUT2D eigenvalue weighted by atomic mass is 14.9. The Hall–Kier alpha value is -1.41. The Bertz CT molecular complexity index is 513. The van der Waals surface area contributed by atoms with Crippen LogP contribution >= 0.6 is 0 Å². The van der Waals surface area contributed by atoms with E-state index in [0.29, 0.717) is 6.04 Å². The van der Waals surface area contributed by atoms with Gasteiger partial charge in [-0.15, -0.1) is 0 Å². The van der Waals surface area contributed by atoms with E-state index in [4.69, 9.17) is 0 Å². The third-order valence-corrected chi connectivity index (χ3v) is 3.69. The zero-order chi connectivity index (χ0) is 11.7. The van der Waals surface area contributed by atoms with Crippen LogP contribution in [0.4, 0.5) is 0 Å². The number of fused-ring (bicyclic) bond motifs is 1. The maximum absolute atomic E-state index is 4.42. The summed E-state index contributed by atoms with van der Waals surface area (Å²) in [5.41, 5.74) is 2.48. The molecule has 1 aliphatic heterocycles. The molecule has 88 valence electrons. The first-order valence-corrected chi connectivity index (χ1v) is 6.41. The van der Waals surface area contributed by atoms with Gasteiger partial charge in [-0.3, -0.25) is 4.98 Å². The molecule has 0 amide bonds. The zero-order valence-electron chi connectivity index (χ0n) is 10.2. The summed E-state index contributed by atoms with van der Waals surface area (Å²) in [7, 11) is 0. The first-order chi connectivity index (χ1) is 8.33. The molecule has 2 aromatic rings. The number of nitrogens with one attached hydrogen (secondary N) is 1. The van der Waals surface area contributed by atoms with Gasteiger partial charge >= 0.3 is 0 Å². The van der Waals surface area contributed by atoms with Crippen LogP contribution in [0.3, 0.4) is 0 Å².